The van der Waals surface area contributed by atoms with Crippen LogP contribution in [0, 0.1) is 5.41 Å². The molecule has 2 fully saturated rings. The van der Waals surface area contributed by atoms with Gasteiger partial charge in [0.05, 0.1) is 13.7 Å². The summed E-state index contributed by atoms with van der Waals surface area (Å²) in [4.78, 5) is 35.5. The average Bonchev–Trinajstić information content (AvgIpc) is 3.20. The van der Waals surface area contributed by atoms with Gasteiger partial charge in [0, 0.05) is 35.5 Å². The molecule has 13 heteroatoms. The van der Waals surface area contributed by atoms with Crippen molar-refractivity contribution in [1.82, 2.24) is 20.2 Å². The van der Waals surface area contributed by atoms with Crippen LogP contribution >= 0.6 is 0 Å². The lowest BCUT2D eigenvalue weighted by Crippen LogP contribution is -2.36. The van der Waals surface area contributed by atoms with E-state index >= 15 is 0 Å². The number of likely N-dealkylation sites (tertiary alicyclic amines) is 1. The van der Waals surface area contributed by atoms with Crippen molar-refractivity contribution < 1.29 is 36.7 Å². The number of methoxy groups -OCH3 is 1. The number of ether oxygens (including phenoxy) is 2. The van der Waals surface area contributed by atoms with Crippen molar-refractivity contribution in [2.45, 2.75) is 58.0 Å². The highest BCUT2D eigenvalue weighted by atomic mass is 19.4. The van der Waals surface area contributed by atoms with E-state index in [-0.39, 0.29) is 52.5 Å². The molecule has 1 saturated heterocycles. The monoisotopic (exact) mass is 561 g/mol. The van der Waals surface area contributed by atoms with E-state index in [2.05, 4.69) is 15.3 Å². The lowest BCUT2D eigenvalue weighted by Gasteiger charge is -2.20. The van der Waals surface area contributed by atoms with Crippen molar-refractivity contribution in [3.05, 3.63) is 41.4 Å². The molecule has 2 aliphatic rings. The Labute approximate surface area is 228 Å². The molecule has 1 saturated carbocycles. The molecule has 2 aromatic heterocycles. The predicted octanol–water partition coefficient (Wildman–Crippen LogP) is 4.51. The van der Waals surface area contributed by atoms with Crippen molar-refractivity contribution in [2.75, 3.05) is 20.2 Å². The number of hydrogen-bond acceptors (Lipinski definition) is 8. The molecule has 40 heavy (non-hydrogen) atoms. The summed E-state index contributed by atoms with van der Waals surface area (Å²) in [7, 11) is 1.33. The van der Waals surface area contributed by atoms with Crippen LogP contribution in [0.1, 0.15) is 55.6 Å². The SMILES string of the molecule is COc1ccc(-c2nc(C(=O)N3CCC4(C[C@H]4NC(=O)OC(C)(C)C)C3)c(CN)o2)c2ccc(C(F)(F)F)nc12. The maximum Gasteiger partial charge on any atom is 0.433 e. The van der Waals surface area contributed by atoms with Gasteiger partial charge in [-0.2, -0.15) is 13.2 Å². The highest BCUT2D eigenvalue weighted by Crippen LogP contribution is 2.53. The largest absolute Gasteiger partial charge is 0.494 e. The molecule has 2 atom stereocenters. The fourth-order valence-corrected chi connectivity index (χ4v) is 5.15. The number of nitrogens with two attached hydrogens (primary N) is 1. The number of oxazole rings is 1. The lowest BCUT2D eigenvalue weighted by atomic mass is 10.1. The molecule has 0 radical (unpaired) electrons. The van der Waals surface area contributed by atoms with E-state index in [0.717, 1.165) is 12.5 Å². The molecule has 3 N–H and O–H groups in total. The first-order valence-electron chi connectivity index (χ1n) is 12.8. The molecule has 3 aromatic rings. The Hall–Kier alpha value is -3.87. The first kappa shape index (κ1) is 27.7. The topological polar surface area (TPSA) is 133 Å². The molecule has 1 unspecified atom stereocenters. The van der Waals surface area contributed by atoms with Crippen molar-refractivity contribution in [2.24, 2.45) is 11.1 Å². The van der Waals surface area contributed by atoms with Gasteiger partial charge in [-0.1, -0.05) is 0 Å². The number of nitrogens with zero attached hydrogens (tertiary/aromatic N) is 3. The van der Waals surface area contributed by atoms with Crippen LogP contribution in [0.15, 0.2) is 28.7 Å². The number of hydrogen-bond donors (Lipinski definition) is 2. The number of fused-ring (bicyclic) bond motifs is 1. The van der Waals surface area contributed by atoms with E-state index in [9.17, 15) is 22.8 Å². The minimum absolute atomic E-state index is 0.0195. The molecule has 214 valence electrons. The zero-order valence-corrected chi connectivity index (χ0v) is 22.5. The second kappa shape index (κ2) is 9.65. The summed E-state index contributed by atoms with van der Waals surface area (Å²) in [6.07, 6.45) is -3.69. The van der Waals surface area contributed by atoms with Crippen molar-refractivity contribution in [3.8, 4) is 17.2 Å². The third-order valence-electron chi connectivity index (χ3n) is 7.20. The Balaban J connectivity index is 1.39. The van der Waals surface area contributed by atoms with Crippen LogP contribution in [0.2, 0.25) is 0 Å². The third kappa shape index (κ3) is 5.17. The minimum atomic E-state index is -4.64. The number of amides is 2. The summed E-state index contributed by atoms with van der Waals surface area (Å²) in [5.74, 6) is -0.0366. The second-order valence-corrected chi connectivity index (χ2v) is 11.1. The molecule has 1 spiro atoms. The summed E-state index contributed by atoms with van der Waals surface area (Å²) in [6.45, 7) is 6.15. The molecule has 1 aliphatic heterocycles. The molecule has 5 rings (SSSR count). The van der Waals surface area contributed by atoms with Crippen molar-refractivity contribution >= 4 is 22.9 Å². The van der Waals surface area contributed by atoms with Crippen LogP contribution in [0.25, 0.3) is 22.4 Å². The number of pyridine rings is 1. The number of alkyl carbamates (subject to hydrolysis) is 1. The van der Waals surface area contributed by atoms with Gasteiger partial charge in [0.15, 0.2) is 11.5 Å². The zero-order chi connectivity index (χ0) is 29.0. The fourth-order valence-electron chi connectivity index (χ4n) is 5.15. The molecule has 10 nitrogen and oxygen atoms in total. The van der Waals surface area contributed by atoms with E-state index in [0.29, 0.717) is 30.5 Å². The normalized spacial score (nSPS) is 20.7. The van der Waals surface area contributed by atoms with Crippen LogP contribution in [0.3, 0.4) is 0 Å². The summed E-state index contributed by atoms with van der Waals surface area (Å²) in [5.41, 5.74) is 4.33. The van der Waals surface area contributed by atoms with E-state index in [4.69, 9.17) is 19.6 Å². The first-order valence-corrected chi connectivity index (χ1v) is 12.8. The van der Waals surface area contributed by atoms with Crippen molar-refractivity contribution in [3.63, 3.8) is 0 Å². The molecule has 0 bridgehead atoms. The quantitative estimate of drug-likeness (QED) is 0.465. The van der Waals surface area contributed by atoms with Crippen LogP contribution in [-0.2, 0) is 17.5 Å². The maximum absolute atomic E-state index is 13.5. The molecule has 1 aromatic carbocycles. The first-order chi connectivity index (χ1) is 18.7. The lowest BCUT2D eigenvalue weighted by molar-refractivity contribution is -0.140. The summed E-state index contributed by atoms with van der Waals surface area (Å²) in [5, 5.41) is 3.20. The minimum Gasteiger partial charge on any atom is -0.494 e. The van der Waals surface area contributed by atoms with Gasteiger partial charge in [-0.15, -0.1) is 0 Å². The number of carbonyl (C=O) groups excluding carboxylic acids is 2. The van der Waals surface area contributed by atoms with Gasteiger partial charge in [-0.25, -0.2) is 14.8 Å². The summed E-state index contributed by atoms with van der Waals surface area (Å²) in [6, 6.07) is 5.09. The van der Waals surface area contributed by atoms with Gasteiger partial charge in [-0.05, 0) is 57.9 Å². The van der Waals surface area contributed by atoms with E-state index < -0.39 is 23.6 Å². The fraction of sp³-hybridized carbons (Fsp3) is 0.481. The highest BCUT2D eigenvalue weighted by Gasteiger charge is 2.59. The number of rotatable bonds is 5. The van der Waals surface area contributed by atoms with Gasteiger partial charge >= 0.3 is 12.3 Å². The van der Waals surface area contributed by atoms with Crippen LogP contribution in [0.4, 0.5) is 18.0 Å². The molecular formula is C27H30F3N5O5. The Kier molecular flexibility index (Phi) is 6.68. The van der Waals surface area contributed by atoms with Gasteiger partial charge in [-0.3, -0.25) is 4.79 Å². The molecular weight excluding hydrogens is 531 g/mol. The number of nitrogens with one attached hydrogen (secondary N) is 1. The van der Waals surface area contributed by atoms with Crippen LogP contribution < -0.4 is 15.8 Å². The van der Waals surface area contributed by atoms with Gasteiger partial charge in [0.1, 0.15) is 22.6 Å². The highest BCUT2D eigenvalue weighted by molar-refractivity contribution is 5.98. The standard InChI is InChI=1S/C27H30F3N5O5/c1-25(2,3)40-24(37)33-19-11-26(19)9-10-35(13-26)23(36)21-17(12-31)39-22(34-21)15-5-7-16(38-4)20-14(15)6-8-18(32-20)27(28,29)30/h5-8,19H,9-13,31H2,1-4H3,(H,33,37)/t19-,26?/m1/s1. The van der Waals surface area contributed by atoms with E-state index in [1.54, 1.807) is 31.7 Å². The number of halogens is 3. The van der Waals surface area contributed by atoms with Gasteiger partial charge in [0.2, 0.25) is 5.89 Å². The van der Waals surface area contributed by atoms with Gasteiger partial charge < -0.3 is 29.8 Å². The third-order valence-corrected chi connectivity index (χ3v) is 7.20. The second-order valence-electron chi connectivity index (χ2n) is 11.1. The zero-order valence-electron chi connectivity index (χ0n) is 22.5. The molecule has 2 amide bonds. The maximum atomic E-state index is 13.5. The van der Waals surface area contributed by atoms with Crippen molar-refractivity contribution in [1.29, 1.82) is 0 Å². The summed E-state index contributed by atoms with van der Waals surface area (Å²) >= 11 is 0. The summed E-state index contributed by atoms with van der Waals surface area (Å²) < 4.78 is 56.3. The Morgan fingerprint density at radius 2 is 1.95 bits per heavy atom. The van der Waals surface area contributed by atoms with Gasteiger partial charge in [0.25, 0.3) is 5.91 Å². The Morgan fingerprint density at radius 3 is 2.60 bits per heavy atom. The molecule has 3 heterocycles. The average molecular weight is 562 g/mol. The number of carbonyl (C=O) groups is 2. The van der Waals surface area contributed by atoms with Crippen LogP contribution in [-0.4, -0.2) is 58.7 Å². The number of aromatic nitrogens is 2. The smallest absolute Gasteiger partial charge is 0.433 e. The predicted molar refractivity (Wildman–Crippen MR) is 137 cm³/mol. The Bertz CT molecular complexity index is 1480. The van der Waals surface area contributed by atoms with E-state index in [1.807, 2.05) is 0 Å². The molecule has 1 aliphatic carbocycles. The van der Waals surface area contributed by atoms with Crippen LogP contribution in [0.5, 0.6) is 5.75 Å². The van der Waals surface area contributed by atoms with E-state index in [1.165, 1.54) is 19.2 Å². The Morgan fingerprint density at radius 1 is 1.20 bits per heavy atom. The number of benzene rings is 1. The number of alkyl halides is 3.